The molecule has 2 amide bonds. The number of ether oxygens (including phenoxy) is 2. The minimum absolute atomic E-state index is 0.0254. The topological polar surface area (TPSA) is 131 Å². The van der Waals surface area contributed by atoms with Crippen LogP contribution in [0.25, 0.3) is 11.1 Å². The van der Waals surface area contributed by atoms with Gasteiger partial charge in [-0.2, -0.15) is 0 Å². The van der Waals surface area contributed by atoms with Gasteiger partial charge in [-0.25, -0.2) is 4.79 Å². The van der Waals surface area contributed by atoms with Crippen LogP contribution in [0.1, 0.15) is 41.9 Å². The van der Waals surface area contributed by atoms with Crippen LogP contribution in [-0.4, -0.2) is 48.2 Å². The number of fused-ring (bicyclic) bond motifs is 3. The van der Waals surface area contributed by atoms with Crippen molar-refractivity contribution in [3.63, 3.8) is 0 Å². The van der Waals surface area contributed by atoms with Crippen LogP contribution in [0.2, 0.25) is 0 Å². The van der Waals surface area contributed by atoms with E-state index in [2.05, 4.69) is 10.6 Å². The first kappa shape index (κ1) is 27.4. The van der Waals surface area contributed by atoms with Gasteiger partial charge < -0.3 is 25.2 Å². The standard InChI is InChI=1S/C30H30N2O7/c33-27(34)15-8-16-31-29(36)26(17-28(35)38-18-20-9-2-1-3-10-20)32-30(37)39-19-25-23-13-6-4-11-21(23)22-12-5-7-14-24(22)25/h1-7,9-14,25-26H,8,15-19H2,(H,31,36)(H,32,37)(H,33,34)/t26-/m0/s1. The fourth-order valence-corrected chi connectivity index (χ4v) is 4.53. The largest absolute Gasteiger partial charge is 0.481 e. The van der Waals surface area contributed by atoms with Crippen LogP contribution in [0.4, 0.5) is 4.79 Å². The third kappa shape index (κ3) is 7.44. The first-order valence-electron chi connectivity index (χ1n) is 12.7. The highest BCUT2D eigenvalue weighted by Gasteiger charge is 2.30. The van der Waals surface area contributed by atoms with Gasteiger partial charge in [0, 0.05) is 18.9 Å². The summed E-state index contributed by atoms with van der Waals surface area (Å²) in [6.45, 7) is 0.149. The maximum absolute atomic E-state index is 12.8. The summed E-state index contributed by atoms with van der Waals surface area (Å²) < 4.78 is 10.8. The van der Waals surface area contributed by atoms with Gasteiger partial charge in [0.15, 0.2) is 0 Å². The molecule has 0 heterocycles. The maximum Gasteiger partial charge on any atom is 0.407 e. The van der Waals surface area contributed by atoms with E-state index in [1.54, 1.807) is 12.1 Å². The number of esters is 1. The van der Waals surface area contributed by atoms with E-state index >= 15 is 0 Å². The summed E-state index contributed by atoms with van der Waals surface area (Å²) in [7, 11) is 0. The molecule has 0 saturated heterocycles. The highest BCUT2D eigenvalue weighted by Crippen LogP contribution is 2.44. The molecule has 1 aliphatic carbocycles. The number of rotatable bonds is 12. The van der Waals surface area contributed by atoms with Gasteiger partial charge >= 0.3 is 18.0 Å². The molecule has 0 bridgehead atoms. The van der Waals surface area contributed by atoms with Crippen molar-refractivity contribution in [2.45, 2.75) is 37.8 Å². The SMILES string of the molecule is O=C(O)CCCNC(=O)[C@H](CC(=O)OCc1ccccc1)NC(=O)OCC1c2ccccc2-c2ccccc21. The van der Waals surface area contributed by atoms with E-state index in [1.807, 2.05) is 66.7 Å². The zero-order valence-corrected chi connectivity index (χ0v) is 21.3. The monoisotopic (exact) mass is 530 g/mol. The van der Waals surface area contributed by atoms with Gasteiger partial charge in [0.05, 0.1) is 6.42 Å². The van der Waals surface area contributed by atoms with Crippen molar-refractivity contribution < 1.29 is 33.8 Å². The number of carbonyl (C=O) groups is 4. The summed E-state index contributed by atoms with van der Waals surface area (Å²) in [5.41, 5.74) is 5.04. The second-order valence-electron chi connectivity index (χ2n) is 9.16. The lowest BCUT2D eigenvalue weighted by Gasteiger charge is -2.19. The zero-order valence-electron chi connectivity index (χ0n) is 21.3. The van der Waals surface area contributed by atoms with E-state index in [1.165, 1.54) is 0 Å². The maximum atomic E-state index is 12.8. The molecule has 0 radical (unpaired) electrons. The summed E-state index contributed by atoms with van der Waals surface area (Å²) in [4.78, 5) is 48.8. The molecular weight excluding hydrogens is 500 g/mol. The van der Waals surface area contributed by atoms with Crippen LogP contribution < -0.4 is 10.6 Å². The number of alkyl carbamates (subject to hydrolysis) is 1. The lowest BCUT2D eigenvalue weighted by atomic mass is 9.98. The van der Waals surface area contributed by atoms with E-state index in [4.69, 9.17) is 14.6 Å². The van der Waals surface area contributed by atoms with Gasteiger partial charge in [-0.1, -0.05) is 78.9 Å². The number of carboxylic acid groups (broad SMARTS) is 1. The summed E-state index contributed by atoms with van der Waals surface area (Å²) in [6.07, 6.45) is -1.18. The first-order valence-corrected chi connectivity index (χ1v) is 12.7. The Bertz CT molecular complexity index is 1280. The number of hydrogen-bond acceptors (Lipinski definition) is 6. The van der Waals surface area contributed by atoms with Gasteiger partial charge in [-0.15, -0.1) is 0 Å². The molecule has 3 aromatic rings. The molecule has 0 spiro atoms. The minimum Gasteiger partial charge on any atom is -0.481 e. The van der Waals surface area contributed by atoms with E-state index in [0.717, 1.165) is 27.8 Å². The van der Waals surface area contributed by atoms with Gasteiger partial charge in [0.1, 0.15) is 19.3 Å². The summed E-state index contributed by atoms with van der Waals surface area (Å²) in [5.74, 6) is -2.46. The van der Waals surface area contributed by atoms with Crippen molar-refractivity contribution in [1.29, 1.82) is 0 Å². The second kappa shape index (κ2) is 13.2. The molecule has 0 saturated carbocycles. The molecule has 0 unspecified atom stereocenters. The Kier molecular flexibility index (Phi) is 9.29. The van der Waals surface area contributed by atoms with Crippen LogP contribution in [0.5, 0.6) is 0 Å². The number of carboxylic acids is 1. The summed E-state index contributed by atoms with van der Waals surface area (Å²) in [6, 6.07) is 23.7. The Morgan fingerprint density at radius 1 is 0.821 bits per heavy atom. The average molecular weight is 531 g/mol. The van der Waals surface area contributed by atoms with Crippen LogP contribution in [0.15, 0.2) is 78.9 Å². The highest BCUT2D eigenvalue weighted by molar-refractivity contribution is 5.89. The first-order chi connectivity index (χ1) is 18.9. The smallest absolute Gasteiger partial charge is 0.407 e. The molecule has 1 atom stereocenters. The zero-order chi connectivity index (χ0) is 27.6. The molecule has 0 aromatic heterocycles. The molecule has 202 valence electrons. The molecule has 3 aromatic carbocycles. The van der Waals surface area contributed by atoms with Gasteiger partial charge in [0.25, 0.3) is 0 Å². The fraction of sp³-hybridized carbons (Fsp3) is 0.267. The summed E-state index contributed by atoms with van der Waals surface area (Å²) in [5, 5.41) is 13.8. The quantitative estimate of drug-likeness (QED) is 0.238. The van der Waals surface area contributed by atoms with E-state index < -0.39 is 36.4 Å². The average Bonchev–Trinajstić information content (AvgIpc) is 3.26. The van der Waals surface area contributed by atoms with Gasteiger partial charge in [-0.05, 0) is 34.2 Å². The van der Waals surface area contributed by atoms with Crippen molar-refractivity contribution in [2.24, 2.45) is 0 Å². The number of carbonyl (C=O) groups excluding carboxylic acids is 3. The lowest BCUT2D eigenvalue weighted by Crippen LogP contribution is -2.48. The van der Waals surface area contributed by atoms with Crippen molar-refractivity contribution in [3.05, 3.63) is 95.6 Å². The molecule has 9 nitrogen and oxygen atoms in total. The fourth-order valence-electron chi connectivity index (χ4n) is 4.53. The Labute approximate surface area is 226 Å². The third-order valence-electron chi connectivity index (χ3n) is 6.43. The van der Waals surface area contributed by atoms with Crippen LogP contribution >= 0.6 is 0 Å². The Balaban J connectivity index is 1.37. The Morgan fingerprint density at radius 3 is 2.08 bits per heavy atom. The van der Waals surface area contributed by atoms with Crippen molar-refractivity contribution in [1.82, 2.24) is 10.6 Å². The highest BCUT2D eigenvalue weighted by atomic mass is 16.5. The second-order valence-corrected chi connectivity index (χ2v) is 9.16. The van der Waals surface area contributed by atoms with Crippen LogP contribution in [0, 0.1) is 0 Å². The predicted molar refractivity (Wildman–Crippen MR) is 143 cm³/mol. The molecule has 1 aliphatic rings. The molecule has 0 aliphatic heterocycles. The number of benzene rings is 3. The van der Waals surface area contributed by atoms with E-state index in [9.17, 15) is 19.2 Å². The van der Waals surface area contributed by atoms with Crippen LogP contribution in [0.3, 0.4) is 0 Å². The molecule has 3 N–H and O–H groups in total. The molecule has 0 fully saturated rings. The Morgan fingerprint density at radius 2 is 1.44 bits per heavy atom. The molecule has 4 rings (SSSR count). The predicted octanol–water partition coefficient (Wildman–Crippen LogP) is 4.01. The normalized spacial score (nSPS) is 12.5. The van der Waals surface area contributed by atoms with Gasteiger partial charge in [-0.3, -0.25) is 14.4 Å². The molecular formula is C30H30N2O7. The van der Waals surface area contributed by atoms with Crippen molar-refractivity contribution in [2.75, 3.05) is 13.2 Å². The molecule has 9 heteroatoms. The van der Waals surface area contributed by atoms with Crippen LogP contribution in [-0.2, 0) is 30.5 Å². The minimum atomic E-state index is -1.26. The van der Waals surface area contributed by atoms with E-state index in [-0.39, 0.29) is 38.5 Å². The lowest BCUT2D eigenvalue weighted by molar-refractivity contribution is -0.147. The van der Waals surface area contributed by atoms with Crippen molar-refractivity contribution in [3.8, 4) is 11.1 Å². The Hall–Kier alpha value is -4.66. The number of aliphatic carboxylic acids is 1. The molecule has 39 heavy (non-hydrogen) atoms. The van der Waals surface area contributed by atoms with Crippen molar-refractivity contribution >= 4 is 23.9 Å². The summed E-state index contributed by atoms with van der Waals surface area (Å²) >= 11 is 0. The number of hydrogen-bond donors (Lipinski definition) is 3. The number of nitrogens with one attached hydrogen (secondary N) is 2. The van der Waals surface area contributed by atoms with Gasteiger partial charge in [0.2, 0.25) is 5.91 Å². The third-order valence-corrected chi connectivity index (χ3v) is 6.43. The number of amides is 2. The van der Waals surface area contributed by atoms with E-state index in [0.29, 0.717) is 0 Å².